The van der Waals surface area contributed by atoms with Gasteiger partial charge in [0.1, 0.15) is 0 Å². The Morgan fingerprint density at radius 3 is 2.41 bits per heavy atom. The third-order valence-electron chi connectivity index (χ3n) is 7.17. The number of hydrogen-bond donors (Lipinski definition) is 1. The number of para-hydroxylation sites is 1. The molecule has 2 aromatic heterocycles. The fourth-order valence-electron chi connectivity index (χ4n) is 5.29. The molecule has 2 aliphatic rings. The van der Waals surface area contributed by atoms with Crippen LogP contribution in [0.1, 0.15) is 29.7 Å². The molecule has 1 aromatic carbocycles. The smallest absolute Gasteiger partial charge is 0.367 e. The maximum Gasteiger partial charge on any atom is 0.418 e. The van der Waals surface area contributed by atoms with Crippen molar-refractivity contribution in [3.8, 4) is 9.75 Å². The first kappa shape index (κ1) is 25.8. The lowest BCUT2D eigenvalue weighted by Gasteiger charge is -2.38. The van der Waals surface area contributed by atoms with Crippen LogP contribution in [-0.2, 0) is 22.3 Å². The molecule has 10 heteroatoms. The average Bonchev–Trinajstić information content (AvgIpc) is 3.68. The molecule has 1 aliphatic heterocycles. The van der Waals surface area contributed by atoms with Crippen molar-refractivity contribution in [2.24, 2.45) is 11.8 Å². The Morgan fingerprint density at radius 1 is 0.919 bits per heavy atom. The van der Waals surface area contributed by atoms with E-state index in [1.807, 2.05) is 17.5 Å². The van der Waals surface area contributed by atoms with Crippen LogP contribution in [0, 0.1) is 11.8 Å². The van der Waals surface area contributed by atoms with E-state index < -0.39 is 11.7 Å². The highest BCUT2D eigenvalue weighted by Crippen LogP contribution is 2.38. The Kier molecular flexibility index (Phi) is 7.57. The molecule has 5 rings (SSSR count). The Hall–Kier alpha value is -2.85. The second-order valence-corrected chi connectivity index (χ2v) is 11.5. The third-order valence-corrected chi connectivity index (χ3v) is 9.32. The number of alkyl halides is 3. The molecule has 0 radical (unpaired) electrons. The summed E-state index contributed by atoms with van der Waals surface area (Å²) in [6.45, 7) is 1.78. The number of nitrogens with one attached hydrogen (secondary N) is 1. The summed E-state index contributed by atoms with van der Waals surface area (Å²) in [5, 5.41) is 5.06. The summed E-state index contributed by atoms with van der Waals surface area (Å²) in [7, 11) is 0. The van der Waals surface area contributed by atoms with E-state index in [0.29, 0.717) is 45.6 Å². The number of hydrogen-bond acceptors (Lipinski definition) is 5. The number of anilines is 1. The molecule has 1 saturated carbocycles. The molecule has 1 saturated heterocycles. The molecule has 37 heavy (non-hydrogen) atoms. The van der Waals surface area contributed by atoms with Crippen molar-refractivity contribution in [1.82, 2.24) is 10.2 Å². The number of halogens is 3. The van der Waals surface area contributed by atoms with Crippen LogP contribution >= 0.6 is 22.7 Å². The Balaban J connectivity index is 1.16. The molecule has 196 valence electrons. The summed E-state index contributed by atoms with van der Waals surface area (Å²) in [5.74, 6) is -0.899. The molecular weight excluding hydrogens is 519 g/mol. The fraction of sp³-hybridized carbons (Fsp3) is 0.407. The molecule has 0 spiro atoms. The predicted octanol–water partition coefficient (Wildman–Crippen LogP) is 5.88. The minimum Gasteiger partial charge on any atom is -0.367 e. The summed E-state index contributed by atoms with van der Waals surface area (Å²) in [6.07, 6.45) is -2.28. The van der Waals surface area contributed by atoms with Crippen molar-refractivity contribution in [1.29, 1.82) is 0 Å². The Labute approximate surface area is 221 Å². The number of thiophene rings is 2. The first-order valence-corrected chi connectivity index (χ1v) is 14.1. The monoisotopic (exact) mass is 547 g/mol. The van der Waals surface area contributed by atoms with Crippen molar-refractivity contribution >= 4 is 40.2 Å². The van der Waals surface area contributed by atoms with Crippen molar-refractivity contribution in [2.75, 3.05) is 31.1 Å². The van der Waals surface area contributed by atoms with Crippen LogP contribution in [0.25, 0.3) is 9.75 Å². The van der Waals surface area contributed by atoms with Gasteiger partial charge in [-0.15, -0.1) is 22.7 Å². The number of benzene rings is 1. The van der Waals surface area contributed by atoms with E-state index in [2.05, 4.69) is 17.4 Å². The number of piperazine rings is 1. The van der Waals surface area contributed by atoms with Crippen LogP contribution in [-0.4, -0.2) is 42.9 Å². The van der Waals surface area contributed by atoms with Crippen molar-refractivity contribution in [2.45, 2.75) is 32.0 Å². The highest BCUT2D eigenvalue weighted by molar-refractivity contribution is 7.21. The average molecular weight is 548 g/mol. The van der Waals surface area contributed by atoms with Gasteiger partial charge in [-0.1, -0.05) is 24.6 Å². The predicted molar refractivity (Wildman–Crippen MR) is 141 cm³/mol. The summed E-state index contributed by atoms with van der Waals surface area (Å²) >= 11 is 3.33. The fourth-order valence-corrected chi connectivity index (χ4v) is 7.07. The summed E-state index contributed by atoms with van der Waals surface area (Å²) < 4.78 is 40.3. The van der Waals surface area contributed by atoms with Crippen molar-refractivity contribution in [3.05, 3.63) is 64.4 Å². The topological polar surface area (TPSA) is 52.7 Å². The van der Waals surface area contributed by atoms with Gasteiger partial charge in [-0.25, -0.2) is 0 Å². The van der Waals surface area contributed by atoms with Crippen LogP contribution in [0.3, 0.4) is 0 Å². The summed E-state index contributed by atoms with van der Waals surface area (Å²) in [6, 6.07) is 13.7. The number of amides is 2. The molecule has 2 amide bonds. The maximum atomic E-state index is 13.4. The SMILES string of the molecule is O=C(NCc1ccc(-c2cccs2)s1)[C@@H]1CCCC1C(=O)N1CCN(c2ccccc2C(F)(F)F)CC1. The molecular formula is C27H28F3N3O2S2. The van der Waals surface area contributed by atoms with Gasteiger partial charge in [-0.05, 0) is 48.6 Å². The zero-order valence-electron chi connectivity index (χ0n) is 20.2. The quantitative estimate of drug-likeness (QED) is 0.420. The minimum atomic E-state index is -4.43. The van der Waals surface area contributed by atoms with E-state index in [0.717, 1.165) is 17.4 Å². The summed E-state index contributed by atoms with van der Waals surface area (Å²) in [4.78, 5) is 33.2. The van der Waals surface area contributed by atoms with Crippen molar-refractivity contribution < 1.29 is 22.8 Å². The van der Waals surface area contributed by atoms with Gasteiger partial charge >= 0.3 is 6.18 Å². The Morgan fingerprint density at radius 2 is 1.68 bits per heavy atom. The van der Waals surface area contributed by atoms with Crippen LogP contribution < -0.4 is 10.2 Å². The molecule has 5 nitrogen and oxygen atoms in total. The van der Waals surface area contributed by atoms with E-state index in [1.165, 1.54) is 21.9 Å². The first-order valence-electron chi connectivity index (χ1n) is 12.4. The van der Waals surface area contributed by atoms with Gasteiger partial charge < -0.3 is 15.1 Å². The van der Waals surface area contributed by atoms with Gasteiger partial charge in [0, 0.05) is 58.3 Å². The van der Waals surface area contributed by atoms with Crippen LogP contribution in [0.4, 0.5) is 18.9 Å². The molecule has 3 aromatic rings. The summed E-state index contributed by atoms with van der Waals surface area (Å²) in [5.41, 5.74) is -0.508. The zero-order chi connectivity index (χ0) is 26.0. The van der Waals surface area contributed by atoms with Crippen molar-refractivity contribution in [3.63, 3.8) is 0 Å². The lowest BCUT2D eigenvalue weighted by molar-refractivity contribution is -0.141. The number of carbonyl (C=O) groups is 2. The second-order valence-electron chi connectivity index (χ2n) is 9.43. The molecule has 3 heterocycles. The lowest BCUT2D eigenvalue weighted by Crippen LogP contribution is -2.52. The molecule has 1 aliphatic carbocycles. The molecule has 2 fully saturated rings. The van der Waals surface area contributed by atoms with Gasteiger partial charge in [-0.3, -0.25) is 9.59 Å². The van der Waals surface area contributed by atoms with Crippen LogP contribution in [0.2, 0.25) is 0 Å². The minimum absolute atomic E-state index is 0.0579. The van der Waals surface area contributed by atoms with E-state index in [-0.39, 0.29) is 29.3 Å². The van der Waals surface area contributed by atoms with E-state index in [1.54, 1.807) is 38.5 Å². The highest BCUT2D eigenvalue weighted by atomic mass is 32.1. The molecule has 1 N–H and O–H groups in total. The maximum absolute atomic E-state index is 13.4. The number of carbonyl (C=O) groups excluding carboxylic acids is 2. The van der Waals surface area contributed by atoms with E-state index in [4.69, 9.17) is 0 Å². The number of nitrogens with zero attached hydrogens (tertiary/aromatic N) is 2. The first-order chi connectivity index (χ1) is 17.8. The Bertz CT molecular complexity index is 1230. The molecule has 0 bridgehead atoms. The van der Waals surface area contributed by atoms with Crippen LogP contribution in [0.5, 0.6) is 0 Å². The highest BCUT2D eigenvalue weighted by Gasteiger charge is 2.41. The van der Waals surface area contributed by atoms with Gasteiger partial charge in [0.25, 0.3) is 0 Å². The lowest BCUT2D eigenvalue weighted by atomic mass is 9.93. The third kappa shape index (κ3) is 5.70. The van der Waals surface area contributed by atoms with Crippen LogP contribution in [0.15, 0.2) is 53.9 Å². The van der Waals surface area contributed by atoms with Gasteiger partial charge in [-0.2, -0.15) is 13.2 Å². The largest absolute Gasteiger partial charge is 0.418 e. The van der Waals surface area contributed by atoms with E-state index in [9.17, 15) is 22.8 Å². The van der Waals surface area contributed by atoms with Gasteiger partial charge in [0.05, 0.1) is 12.1 Å². The zero-order valence-corrected chi connectivity index (χ0v) is 21.8. The molecule has 2 atom stereocenters. The standard InChI is InChI=1S/C27H28F3N3O2S2/c28-27(29,30)21-7-1-2-8-22(21)32-12-14-33(15-13-32)26(35)20-6-3-5-19(20)25(34)31-17-18-10-11-24(37-18)23-9-4-16-36-23/h1-2,4,7-11,16,19-20H,3,5-6,12-15,17H2,(H,31,34)/t19-,20?/m1/s1. The van der Waals surface area contributed by atoms with E-state index >= 15 is 0 Å². The number of rotatable bonds is 6. The normalized spacial score (nSPS) is 20.3. The molecule has 1 unspecified atom stereocenters. The van der Waals surface area contributed by atoms with Gasteiger partial charge in [0.2, 0.25) is 11.8 Å². The second kappa shape index (κ2) is 10.9. The van der Waals surface area contributed by atoms with Gasteiger partial charge in [0.15, 0.2) is 0 Å².